The Labute approximate surface area is 160 Å². The molecule has 0 saturated carbocycles. The van der Waals surface area contributed by atoms with Gasteiger partial charge >= 0.3 is 0 Å². The number of carbonyl (C=O) groups excluding carboxylic acids is 3. The molecule has 3 atom stereocenters. The maximum Gasteiger partial charge on any atom is 0.258 e. The summed E-state index contributed by atoms with van der Waals surface area (Å²) < 4.78 is 29.0. The first kappa shape index (κ1) is 17.5. The van der Waals surface area contributed by atoms with Gasteiger partial charge in [0.25, 0.3) is 5.91 Å². The van der Waals surface area contributed by atoms with Gasteiger partial charge in [-0.1, -0.05) is 0 Å². The van der Waals surface area contributed by atoms with Gasteiger partial charge in [0.05, 0.1) is 5.56 Å². The third-order valence-electron chi connectivity index (χ3n) is 6.35. The molecular formula is C19H20F2N4O3. The highest BCUT2D eigenvalue weighted by Crippen LogP contribution is 2.41. The molecule has 3 amide bonds. The highest BCUT2D eigenvalue weighted by atomic mass is 19.2. The lowest BCUT2D eigenvalue weighted by molar-refractivity contribution is -0.136. The van der Waals surface area contributed by atoms with Crippen LogP contribution < -0.4 is 15.5 Å². The monoisotopic (exact) mass is 390 g/mol. The SMILES string of the molecule is O=C1CCC(N2Cc3c(N4[C@@H]5CC[C@H]4CNC5)cc(F)c(F)c3C2=O)C(=O)N1. The van der Waals surface area contributed by atoms with Crippen LogP contribution in [-0.2, 0) is 16.1 Å². The van der Waals surface area contributed by atoms with Crippen LogP contribution in [0.15, 0.2) is 6.07 Å². The van der Waals surface area contributed by atoms with Crippen LogP contribution in [0, 0.1) is 11.6 Å². The van der Waals surface area contributed by atoms with E-state index in [1.54, 1.807) is 0 Å². The van der Waals surface area contributed by atoms with Crippen molar-refractivity contribution in [2.75, 3.05) is 18.0 Å². The lowest BCUT2D eigenvalue weighted by Crippen LogP contribution is -2.53. The van der Waals surface area contributed by atoms with Gasteiger partial charge in [-0.2, -0.15) is 0 Å². The van der Waals surface area contributed by atoms with E-state index >= 15 is 0 Å². The van der Waals surface area contributed by atoms with Gasteiger partial charge in [-0.15, -0.1) is 0 Å². The van der Waals surface area contributed by atoms with Crippen molar-refractivity contribution in [1.29, 1.82) is 0 Å². The minimum atomic E-state index is -1.17. The first-order valence-electron chi connectivity index (χ1n) is 9.60. The second-order valence-corrected chi connectivity index (χ2v) is 7.90. The molecule has 148 valence electrons. The topological polar surface area (TPSA) is 81.8 Å². The maximum atomic E-state index is 14.6. The number of imide groups is 1. The Morgan fingerprint density at radius 1 is 1.04 bits per heavy atom. The molecule has 0 aromatic heterocycles. The van der Waals surface area contributed by atoms with E-state index in [-0.39, 0.29) is 42.9 Å². The molecule has 1 unspecified atom stereocenters. The summed E-state index contributed by atoms with van der Waals surface area (Å²) >= 11 is 0. The fourth-order valence-electron chi connectivity index (χ4n) is 5.05. The Bertz CT molecular complexity index is 890. The lowest BCUT2D eigenvalue weighted by atomic mass is 10.0. The van der Waals surface area contributed by atoms with Gasteiger partial charge in [-0.25, -0.2) is 8.78 Å². The molecule has 5 rings (SSSR count). The number of rotatable bonds is 2. The normalized spacial score (nSPS) is 29.4. The predicted molar refractivity (Wildman–Crippen MR) is 94.6 cm³/mol. The maximum absolute atomic E-state index is 14.6. The molecule has 2 N–H and O–H groups in total. The number of hydrogen-bond donors (Lipinski definition) is 2. The van der Waals surface area contributed by atoms with Gasteiger partial charge < -0.3 is 15.1 Å². The molecule has 4 aliphatic heterocycles. The molecule has 0 spiro atoms. The van der Waals surface area contributed by atoms with Crippen molar-refractivity contribution in [3.05, 3.63) is 28.8 Å². The van der Waals surface area contributed by atoms with Crippen molar-refractivity contribution in [1.82, 2.24) is 15.5 Å². The summed E-state index contributed by atoms with van der Waals surface area (Å²) in [6, 6.07) is 0.680. The summed E-state index contributed by atoms with van der Waals surface area (Å²) in [5, 5.41) is 5.57. The standard InChI is InChI=1S/C19H20F2N4O3/c20-12-5-14(25-9-1-2-10(25)7-22-6-9)11-8-24(19(28)16(11)17(12)21)13-3-4-15(26)23-18(13)27/h5,9-10,13,22H,1-4,6-8H2,(H,23,26,27)/t9-,10+,13?. The molecule has 1 aromatic rings. The number of amides is 3. The number of fused-ring (bicyclic) bond motifs is 3. The lowest BCUT2D eigenvalue weighted by Gasteiger charge is -2.38. The van der Waals surface area contributed by atoms with Crippen LogP contribution in [0.5, 0.6) is 0 Å². The van der Waals surface area contributed by atoms with E-state index in [2.05, 4.69) is 15.5 Å². The first-order valence-corrected chi connectivity index (χ1v) is 9.60. The molecule has 9 heteroatoms. The Hall–Kier alpha value is -2.55. The average molecular weight is 390 g/mol. The number of anilines is 1. The Morgan fingerprint density at radius 2 is 1.75 bits per heavy atom. The summed E-state index contributed by atoms with van der Waals surface area (Å²) in [7, 11) is 0. The number of piperidine rings is 1. The molecule has 0 radical (unpaired) electrons. The summed E-state index contributed by atoms with van der Waals surface area (Å²) in [6.45, 7) is 1.56. The van der Waals surface area contributed by atoms with Crippen LogP contribution in [0.1, 0.15) is 41.6 Å². The summed E-state index contributed by atoms with van der Waals surface area (Å²) in [5.41, 5.74) is 0.705. The van der Waals surface area contributed by atoms with Crippen LogP contribution in [0.2, 0.25) is 0 Å². The van der Waals surface area contributed by atoms with Crippen LogP contribution in [0.25, 0.3) is 0 Å². The number of nitrogens with zero attached hydrogens (tertiary/aromatic N) is 2. The van der Waals surface area contributed by atoms with E-state index < -0.39 is 29.5 Å². The van der Waals surface area contributed by atoms with Crippen LogP contribution in [-0.4, -0.2) is 53.8 Å². The molecule has 4 heterocycles. The van der Waals surface area contributed by atoms with E-state index in [0.29, 0.717) is 11.3 Å². The fraction of sp³-hybridized carbons (Fsp3) is 0.526. The Balaban J connectivity index is 1.55. The molecule has 3 saturated heterocycles. The number of carbonyl (C=O) groups is 3. The highest BCUT2D eigenvalue weighted by molar-refractivity contribution is 6.06. The van der Waals surface area contributed by atoms with Crippen LogP contribution in [0.4, 0.5) is 14.5 Å². The molecular weight excluding hydrogens is 370 g/mol. The van der Waals surface area contributed by atoms with Gasteiger partial charge in [0.15, 0.2) is 11.6 Å². The number of benzene rings is 1. The quantitative estimate of drug-likeness (QED) is 0.726. The van der Waals surface area contributed by atoms with Gasteiger partial charge in [0.1, 0.15) is 6.04 Å². The zero-order valence-electron chi connectivity index (χ0n) is 15.1. The molecule has 3 fully saturated rings. The first-order chi connectivity index (χ1) is 13.5. The number of nitrogens with one attached hydrogen (secondary N) is 2. The zero-order chi connectivity index (χ0) is 19.6. The van der Waals surface area contributed by atoms with E-state index in [1.165, 1.54) is 11.0 Å². The predicted octanol–water partition coefficient (Wildman–Crippen LogP) is 0.666. The third kappa shape index (κ3) is 2.45. The third-order valence-corrected chi connectivity index (χ3v) is 6.35. The average Bonchev–Trinajstić information content (AvgIpc) is 3.12. The number of halogens is 2. The van der Waals surface area contributed by atoms with Crippen molar-refractivity contribution in [2.45, 2.75) is 50.4 Å². The minimum absolute atomic E-state index is 0.0380. The van der Waals surface area contributed by atoms with Gasteiger partial charge in [-0.3, -0.25) is 19.7 Å². The number of hydrogen-bond acceptors (Lipinski definition) is 5. The molecule has 0 aliphatic carbocycles. The van der Waals surface area contributed by atoms with Crippen LogP contribution >= 0.6 is 0 Å². The summed E-state index contributed by atoms with van der Waals surface area (Å²) in [5.74, 6) is -3.86. The second kappa shape index (κ2) is 6.23. The molecule has 4 aliphatic rings. The summed E-state index contributed by atoms with van der Waals surface area (Å²) in [6.07, 6.45) is 2.21. The summed E-state index contributed by atoms with van der Waals surface area (Å²) in [4.78, 5) is 40.0. The van der Waals surface area contributed by atoms with E-state index in [1.807, 2.05) is 0 Å². The smallest absolute Gasteiger partial charge is 0.258 e. The Kier molecular flexibility index (Phi) is 3.90. The Morgan fingerprint density at radius 3 is 2.43 bits per heavy atom. The van der Waals surface area contributed by atoms with Crippen molar-refractivity contribution in [3.8, 4) is 0 Å². The van der Waals surface area contributed by atoms with Crippen molar-refractivity contribution in [2.24, 2.45) is 0 Å². The second-order valence-electron chi connectivity index (χ2n) is 7.90. The fourth-order valence-corrected chi connectivity index (χ4v) is 5.05. The number of piperazine rings is 1. The van der Waals surface area contributed by atoms with Crippen molar-refractivity contribution in [3.63, 3.8) is 0 Å². The van der Waals surface area contributed by atoms with E-state index in [4.69, 9.17) is 0 Å². The van der Waals surface area contributed by atoms with Gasteiger partial charge in [0.2, 0.25) is 11.8 Å². The largest absolute Gasteiger partial charge is 0.363 e. The molecule has 7 nitrogen and oxygen atoms in total. The minimum Gasteiger partial charge on any atom is -0.363 e. The van der Waals surface area contributed by atoms with Crippen molar-refractivity contribution < 1.29 is 23.2 Å². The zero-order valence-corrected chi connectivity index (χ0v) is 15.1. The molecule has 2 bridgehead atoms. The van der Waals surface area contributed by atoms with E-state index in [0.717, 1.165) is 25.9 Å². The molecule has 28 heavy (non-hydrogen) atoms. The molecule has 1 aromatic carbocycles. The highest BCUT2D eigenvalue weighted by Gasteiger charge is 2.45. The van der Waals surface area contributed by atoms with Crippen molar-refractivity contribution >= 4 is 23.4 Å². The van der Waals surface area contributed by atoms with Gasteiger partial charge in [0, 0.05) is 55.5 Å². The van der Waals surface area contributed by atoms with E-state index in [9.17, 15) is 23.2 Å². The van der Waals surface area contributed by atoms with Gasteiger partial charge in [-0.05, 0) is 19.3 Å². The van der Waals surface area contributed by atoms with Crippen LogP contribution in [0.3, 0.4) is 0 Å².